The van der Waals surface area contributed by atoms with Crippen LogP contribution in [0.4, 0.5) is 11.5 Å². The lowest BCUT2D eigenvalue weighted by molar-refractivity contribution is 0.0950. The first-order valence-corrected chi connectivity index (χ1v) is 12.0. The monoisotopic (exact) mass is 488 g/mol. The molecule has 0 aliphatic heterocycles. The number of aromatic nitrogens is 1. The highest BCUT2D eigenvalue weighted by Gasteiger charge is 2.20. The van der Waals surface area contributed by atoms with Crippen molar-refractivity contribution in [3.8, 4) is 5.75 Å². The maximum Gasteiger partial charge on any atom is 0.263 e. The molecule has 174 valence electrons. The lowest BCUT2D eigenvalue weighted by Gasteiger charge is -2.13. The summed E-state index contributed by atoms with van der Waals surface area (Å²) in [5, 5.41) is 2.80. The Balaban J connectivity index is 1.75. The molecule has 8 nitrogen and oxygen atoms in total. The zero-order valence-corrected chi connectivity index (χ0v) is 20.1. The van der Waals surface area contributed by atoms with Crippen molar-refractivity contribution in [1.29, 1.82) is 0 Å². The van der Waals surface area contributed by atoms with E-state index in [9.17, 15) is 13.2 Å². The van der Waals surface area contributed by atoms with Crippen LogP contribution in [0.2, 0.25) is 5.02 Å². The second kappa shape index (κ2) is 10.5. The van der Waals surface area contributed by atoms with Crippen LogP contribution in [0, 0.1) is 0 Å². The van der Waals surface area contributed by atoms with Gasteiger partial charge in [-0.1, -0.05) is 11.6 Å². The number of hydrogen-bond donors (Lipinski definition) is 2. The summed E-state index contributed by atoms with van der Waals surface area (Å²) >= 11 is 6.16. The zero-order valence-electron chi connectivity index (χ0n) is 18.5. The summed E-state index contributed by atoms with van der Waals surface area (Å²) in [5.41, 5.74) is 1.38. The van der Waals surface area contributed by atoms with E-state index in [2.05, 4.69) is 15.0 Å². The Morgan fingerprint density at radius 2 is 1.82 bits per heavy atom. The number of sulfonamides is 1. The first-order chi connectivity index (χ1) is 15.7. The van der Waals surface area contributed by atoms with E-state index in [1.54, 1.807) is 36.5 Å². The fourth-order valence-electron chi connectivity index (χ4n) is 2.95. The molecular weight excluding hydrogens is 464 g/mol. The number of nitrogens with zero attached hydrogens (tertiary/aromatic N) is 2. The summed E-state index contributed by atoms with van der Waals surface area (Å²) < 4.78 is 33.7. The van der Waals surface area contributed by atoms with Crippen molar-refractivity contribution in [3.63, 3.8) is 0 Å². The van der Waals surface area contributed by atoms with Crippen molar-refractivity contribution in [2.45, 2.75) is 18.4 Å². The van der Waals surface area contributed by atoms with E-state index in [4.69, 9.17) is 16.3 Å². The minimum Gasteiger partial charge on any atom is -0.494 e. The maximum absolute atomic E-state index is 12.9. The average molecular weight is 489 g/mol. The number of benzene rings is 2. The van der Waals surface area contributed by atoms with Crippen molar-refractivity contribution < 1.29 is 17.9 Å². The normalized spacial score (nSPS) is 11.0. The second-order valence-electron chi connectivity index (χ2n) is 7.31. The van der Waals surface area contributed by atoms with Crippen LogP contribution in [0.1, 0.15) is 22.8 Å². The molecule has 0 atom stereocenters. The van der Waals surface area contributed by atoms with E-state index in [0.29, 0.717) is 18.0 Å². The van der Waals surface area contributed by atoms with Gasteiger partial charge in [-0.15, -0.1) is 0 Å². The van der Waals surface area contributed by atoms with Crippen LogP contribution in [0.25, 0.3) is 0 Å². The first-order valence-electron chi connectivity index (χ1n) is 10.2. The highest BCUT2D eigenvalue weighted by molar-refractivity contribution is 7.92. The Morgan fingerprint density at radius 1 is 1.09 bits per heavy atom. The number of carbonyl (C=O) groups excluding carboxylic acids is 1. The predicted octanol–water partition coefficient (Wildman–Crippen LogP) is 3.93. The van der Waals surface area contributed by atoms with E-state index < -0.39 is 15.9 Å². The van der Waals surface area contributed by atoms with Crippen LogP contribution in [-0.4, -0.2) is 40.0 Å². The van der Waals surface area contributed by atoms with Gasteiger partial charge in [0, 0.05) is 38.1 Å². The smallest absolute Gasteiger partial charge is 0.263 e. The highest BCUT2D eigenvalue weighted by atomic mass is 35.5. The van der Waals surface area contributed by atoms with Crippen molar-refractivity contribution in [3.05, 3.63) is 76.9 Å². The largest absolute Gasteiger partial charge is 0.494 e. The molecule has 0 saturated heterocycles. The number of nitrogens with one attached hydrogen (secondary N) is 2. The molecule has 0 bridgehead atoms. The predicted molar refractivity (Wildman–Crippen MR) is 130 cm³/mol. The summed E-state index contributed by atoms with van der Waals surface area (Å²) in [6, 6.07) is 14.3. The molecule has 0 unspecified atom stereocenters. The molecule has 0 aliphatic rings. The van der Waals surface area contributed by atoms with Gasteiger partial charge in [0.15, 0.2) is 0 Å². The standard InChI is InChI=1S/C23H25ClN4O4S/c1-4-32-19-8-6-18(7-9-19)27-33(30,31)21-14-17(5-10-20(21)24)23(29)26-15-16-11-12-25-22(13-16)28(2)3/h5-14,27H,4,15H2,1-3H3,(H,26,29). The van der Waals surface area contributed by atoms with E-state index in [-0.39, 0.29) is 22.0 Å². The molecule has 3 aromatic rings. The molecule has 33 heavy (non-hydrogen) atoms. The average Bonchev–Trinajstić information content (AvgIpc) is 2.79. The SMILES string of the molecule is CCOc1ccc(NS(=O)(=O)c2cc(C(=O)NCc3ccnc(N(C)C)c3)ccc2Cl)cc1. The summed E-state index contributed by atoms with van der Waals surface area (Å²) in [5.74, 6) is 0.971. The van der Waals surface area contributed by atoms with Crippen molar-refractivity contribution in [2.75, 3.05) is 30.3 Å². The highest BCUT2D eigenvalue weighted by Crippen LogP contribution is 2.26. The van der Waals surface area contributed by atoms with E-state index in [1.165, 1.54) is 18.2 Å². The van der Waals surface area contributed by atoms with Crippen molar-refractivity contribution in [2.24, 2.45) is 0 Å². The minimum absolute atomic E-state index is 0.00902. The van der Waals surface area contributed by atoms with Gasteiger partial charge >= 0.3 is 0 Å². The number of hydrogen-bond acceptors (Lipinski definition) is 6. The van der Waals surface area contributed by atoms with Gasteiger partial charge in [0.2, 0.25) is 0 Å². The molecule has 0 aliphatic carbocycles. The molecular formula is C23H25ClN4O4S. The molecule has 1 amide bonds. The Bertz CT molecular complexity index is 1230. The minimum atomic E-state index is -4.02. The number of anilines is 2. The number of amides is 1. The number of rotatable bonds is 9. The summed E-state index contributed by atoms with van der Waals surface area (Å²) in [4.78, 5) is 18.6. The molecule has 0 saturated carbocycles. The van der Waals surface area contributed by atoms with Gasteiger partial charge in [-0.05, 0) is 67.1 Å². The Hall–Kier alpha value is -3.30. The fourth-order valence-corrected chi connectivity index (χ4v) is 4.53. The quantitative estimate of drug-likeness (QED) is 0.473. The third kappa shape index (κ3) is 6.36. The van der Waals surface area contributed by atoms with Gasteiger partial charge in [-0.3, -0.25) is 9.52 Å². The summed E-state index contributed by atoms with van der Waals surface area (Å²) in [7, 11) is -0.270. The maximum atomic E-state index is 12.9. The molecule has 10 heteroatoms. The van der Waals surface area contributed by atoms with Crippen molar-refractivity contribution >= 4 is 39.0 Å². The van der Waals surface area contributed by atoms with E-state index in [0.717, 1.165) is 11.4 Å². The molecule has 0 fully saturated rings. The second-order valence-corrected chi connectivity index (χ2v) is 9.37. The molecule has 1 aromatic heterocycles. The van der Waals surface area contributed by atoms with Crippen LogP contribution in [0.5, 0.6) is 5.75 Å². The van der Waals surface area contributed by atoms with E-state index in [1.807, 2.05) is 32.0 Å². The lowest BCUT2D eigenvalue weighted by atomic mass is 10.2. The third-order valence-corrected chi connectivity index (χ3v) is 6.48. The van der Waals surface area contributed by atoms with Gasteiger partial charge in [-0.25, -0.2) is 13.4 Å². The van der Waals surface area contributed by atoms with E-state index >= 15 is 0 Å². The Kier molecular flexibility index (Phi) is 7.78. The first kappa shape index (κ1) is 24.3. The topological polar surface area (TPSA) is 101 Å². The fraction of sp³-hybridized carbons (Fsp3) is 0.217. The van der Waals surface area contributed by atoms with Gasteiger partial charge in [0.1, 0.15) is 16.5 Å². The number of ether oxygens (including phenoxy) is 1. The van der Waals surface area contributed by atoms with Crippen LogP contribution >= 0.6 is 11.6 Å². The molecule has 0 radical (unpaired) electrons. The zero-order chi connectivity index (χ0) is 24.0. The number of carbonyl (C=O) groups is 1. The summed E-state index contributed by atoms with van der Waals surface area (Å²) in [6.45, 7) is 2.63. The molecule has 3 rings (SSSR count). The molecule has 2 N–H and O–H groups in total. The van der Waals surface area contributed by atoms with Crippen LogP contribution < -0.4 is 19.7 Å². The Labute approximate surface area is 198 Å². The van der Waals surface area contributed by atoms with Gasteiger partial charge in [0.05, 0.1) is 11.6 Å². The number of halogens is 1. The molecule has 1 heterocycles. The van der Waals surface area contributed by atoms with Gasteiger partial charge < -0.3 is 15.0 Å². The Morgan fingerprint density at radius 3 is 2.48 bits per heavy atom. The lowest BCUT2D eigenvalue weighted by Crippen LogP contribution is -2.24. The number of pyridine rings is 1. The van der Waals surface area contributed by atoms with Crippen molar-refractivity contribution in [1.82, 2.24) is 10.3 Å². The molecule has 0 spiro atoms. The van der Waals surface area contributed by atoms with Gasteiger partial charge in [0.25, 0.3) is 15.9 Å². The third-order valence-electron chi connectivity index (χ3n) is 4.62. The summed E-state index contributed by atoms with van der Waals surface area (Å²) in [6.07, 6.45) is 1.66. The van der Waals surface area contributed by atoms with Crippen LogP contribution in [0.15, 0.2) is 65.7 Å². The molecule has 2 aromatic carbocycles. The van der Waals surface area contributed by atoms with Crippen LogP contribution in [0.3, 0.4) is 0 Å². The van der Waals surface area contributed by atoms with Crippen LogP contribution in [-0.2, 0) is 16.6 Å². The van der Waals surface area contributed by atoms with Gasteiger partial charge in [-0.2, -0.15) is 0 Å².